The van der Waals surface area contributed by atoms with Crippen molar-refractivity contribution < 1.29 is 17.9 Å². The number of carbonyl (C=O) groups is 1. The lowest BCUT2D eigenvalue weighted by atomic mass is 9.92. The molecule has 0 bridgehead atoms. The highest BCUT2D eigenvalue weighted by Crippen LogP contribution is 2.51. The van der Waals surface area contributed by atoms with Crippen LogP contribution in [-0.4, -0.2) is 82.3 Å². The molecule has 3 fully saturated rings. The zero-order valence-corrected chi connectivity index (χ0v) is 18.2. The number of ether oxygens (including phenoxy) is 1. The van der Waals surface area contributed by atoms with Crippen LogP contribution < -0.4 is 4.90 Å². The highest BCUT2D eigenvalue weighted by molar-refractivity contribution is 7.88. The zero-order valence-electron chi connectivity index (χ0n) is 17.3. The van der Waals surface area contributed by atoms with Crippen molar-refractivity contribution in [1.29, 1.82) is 0 Å². The summed E-state index contributed by atoms with van der Waals surface area (Å²) in [6.07, 6.45) is 5.27. The fourth-order valence-corrected chi connectivity index (χ4v) is 5.17. The number of hydrogen-bond acceptors (Lipinski definition) is 5. The second-order valence-corrected chi connectivity index (χ2v) is 10.6. The van der Waals surface area contributed by atoms with Gasteiger partial charge in [-0.2, -0.15) is 4.31 Å². The van der Waals surface area contributed by atoms with E-state index in [9.17, 15) is 13.2 Å². The number of anilines is 1. The molecular weight excluding hydrogens is 390 g/mol. The molecule has 1 aliphatic carbocycles. The van der Waals surface area contributed by atoms with Gasteiger partial charge in [0.25, 0.3) is 0 Å². The highest BCUT2D eigenvalue weighted by Gasteiger charge is 2.44. The summed E-state index contributed by atoms with van der Waals surface area (Å²) in [6.45, 7) is 5.37. The molecule has 160 valence electrons. The molecule has 0 radical (unpaired) electrons. The molecule has 4 rings (SSSR count). The average Bonchev–Trinajstić information content (AvgIpc) is 3.41. The van der Waals surface area contributed by atoms with Crippen molar-refractivity contribution in [2.45, 2.75) is 37.1 Å². The van der Waals surface area contributed by atoms with Crippen LogP contribution in [0.5, 0.6) is 0 Å². The van der Waals surface area contributed by atoms with E-state index in [1.54, 1.807) is 4.90 Å². The van der Waals surface area contributed by atoms with Crippen molar-refractivity contribution in [1.82, 2.24) is 9.21 Å². The van der Waals surface area contributed by atoms with Crippen LogP contribution in [0, 0.1) is 0 Å². The summed E-state index contributed by atoms with van der Waals surface area (Å²) < 4.78 is 30.2. The largest absolute Gasteiger partial charge is 0.379 e. The quantitative estimate of drug-likeness (QED) is 0.666. The molecule has 1 amide bonds. The molecule has 0 N–H and O–H groups in total. The van der Waals surface area contributed by atoms with Gasteiger partial charge < -0.3 is 9.64 Å². The lowest BCUT2D eigenvalue weighted by Crippen LogP contribution is -2.42. The number of likely N-dealkylation sites (N-methyl/N-ethyl adjacent to an activating group) is 1. The van der Waals surface area contributed by atoms with Gasteiger partial charge >= 0.3 is 0 Å². The first kappa shape index (κ1) is 20.8. The molecule has 0 aromatic heterocycles. The first-order chi connectivity index (χ1) is 13.8. The Hall–Kier alpha value is -1.48. The summed E-state index contributed by atoms with van der Waals surface area (Å²) in [4.78, 5) is 17.0. The Labute approximate surface area is 173 Å². The van der Waals surface area contributed by atoms with Gasteiger partial charge in [-0.3, -0.25) is 9.69 Å². The molecule has 1 saturated carbocycles. The monoisotopic (exact) mass is 421 g/mol. The summed E-state index contributed by atoms with van der Waals surface area (Å²) in [5.41, 5.74) is 2.49. The summed E-state index contributed by atoms with van der Waals surface area (Å²) in [6, 6.07) is 7.74. The first-order valence-electron chi connectivity index (χ1n) is 10.5. The number of morpholine rings is 1. The van der Waals surface area contributed by atoms with Crippen LogP contribution in [0.1, 0.15) is 31.2 Å². The van der Waals surface area contributed by atoms with E-state index in [1.807, 2.05) is 12.1 Å². The minimum atomic E-state index is -3.38. The SMILES string of the molecule is CN(C1CCN(c2ccc(C3(CCN4CCOCC4)CC3)cc2)C1=O)S(C)(=O)=O. The van der Waals surface area contributed by atoms with Gasteiger partial charge in [0.05, 0.1) is 19.5 Å². The van der Waals surface area contributed by atoms with Crippen molar-refractivity contribution in [3.8, 4) is 0 Å². The average molecular weight is 422 g/mol. The smallest absolute Gasteiger partial charge is 0.245 e. The number of hydrogen-bond donors (Lipinski definition) is 0. The Morgan fingerprint density at radius 1 is 1.14 bits per heavy atom. The van der Waals surface area contributed by atoms with Crippen LogP contribution in [0.25, 0.3) is 0 Å². The van der Waals surface area contributed by atoms with E-state index in [-0.39, 0.29) is 11.3 Å². The minimum Gasteiger partial charge on any atom is -0.379 e. The molecule has 8 heteroatoms. The van der Waals surface area contributed by atoms with Crippen LogP contribution in [0.15, 0.2) is 24.3 Å². The van der Waals surface area contributed by atoms with Crippen LogP contribution in [0.2, 0.25) is 0 Å². The predicted octanol–water partition coefficient (Wildman–Crippen LogP) is 1.44. The maximum absolute atomic E-state index is 12.8. The number of nitrogens with zero attached hydrogens (tertiary/aromatic N) is 3. The maximum atomic E-state index is 12.8. The van der Waals surface area contributed by atoms with E-state index < -0.39 is 16.1 Å². The van der Waals surface area contributed by atoms with Gasteiger partial charge in [0.15, 0.2) is 0 Å². The van der Waals surface area contributed by atoms with E-state index in [2.05, 4.69) is 17.0 Å². The van der Waals surface area contributed by atoms with Gasteiger partial charge in [0.2, 0.25) is 15.9 Å². The minimum absolute atomic E-state index is 0.140. The molecule has 7 nitrogen and oxygen atoms in total. The molecule has 1 atom stereocenters. The summed E-state index contributed by atoms with van der Waals surface area (Å²) in [7, 11) is -1.90. The lowest BCUT2D eigenvalue weighted by molar-refractivity contribution is -0.120. The summed E-state index contributed by atoms with van der Waals surface area (Å²) in [5, 5.41) is 0. The van der Waals surface area contributed by atoms with Crippen LogP contribution in [0.3, 0.4) is 0 Å². The van der Waals surface area contributed by atoms with Crippen molar-refractivity contribution in [3.63, 3.8) is 0 Å². The predicted molar refractivity (Wildman–Crippen MR) is 113 cm³/mol. The molecule has 1 aromatic carbocycles. The standard InChI is InChI=1S/C21H31N3O4S/c1-22(29(2,26)27)19-7-11-24(20(19)25)18-5-3-17(4-6-18)21(8-9-21)10-12-23-13-15-28-16-14-23/h3-6,19H,7-16H2,1-2H3. The molecule has 2 heterocycles. The second-order valence-electron chi connectivity index (χ2n) is 8.60. The van der Waals surface area contributed by atoms with Crippen molar-refractivity contribution >= 4 is 21.6 Å². The zero-order chi connectivity index (χ0) is 20.6. The fourth-order valence-electron chi connectivity index (χ4n) is 4.52. The Morgan fingerprint density at radius 2 is 1.79 bits per heavy atom. The molecule has 2 saturated heterocycles. The Bertz CT molecular complexity index is 845. The van der Waals surface area contributed by atoms with Gasteiger partial charge in [0, 0.05) is 32.4 Å². The second kappa shape index (κ2) is 7.98. The molecule has 1 unspecified atom stereocenters. The Morgan fingerprint density at radius 3 is 2.38 bits per heavy atom. The van der Waals surface area contributed by atoms with Crippen LogP contribution >= 0.6 is 0 Å². The van der Waals surface area contributed by atoms with Gasteiger partial charge in [-0.05, 0) is 55.3 Å². The van der Waals surface area contributed by atoms with Crippen molar-refractivity contribution in [2.24, 2.45) is 0 Å². The third kappa shape index (κ3) is 4.35. The van der Waals surface area contributed by atoms with E-state index in [1.165, 1.54) is 29.8 Å². The molecule has 3 aliphatic rings. The highest BCUT2D eigenvalue weighted by atomic mass is 32.2. The number of benzene rings is 1. The van der Waals surface area contributed by atoms with Crippen LogP contribution in [0.4, 0.5) is 5.69 Å². The van der Waals surface area contributed by atoms with Gasteiger partial charge in [-0.1, -0.05) is 12.1 Å². The lowest BCUT2D eigenvalue weighted by Gasteiger charge is -2.28. The third-order valence-electron chi connectivity index (χ3n) is 6.79. The van der Waals surface area contributed by atoms with Crippen LogP contribution in [-0.2, 0) is 25.0 Å². The Kier molecular flexibility index (Phi) is 5.72. The summed E-state index contributed by atoms with van der Waals surface area (Å²) in [5.74, 6) is -0.140. The molecule has 1 aromatic rings. The Balaban J connectivity index is 1.40. The van der Waals surface area contributed by atoms with E-state index in [0.717, 1.165) is 51.2 Å². The number of amides is 1. The van der Waals surface area contributed by atoms with Gasteiger partial charge in [-0.15, -0.1) is 0 Å². The van der Waals surface area contributed by atoms with Crippen molar-refractivity contribution in [2.75, 3.05) is 57.6 Å². The fraction of sp³-hybridized carbons (Fsp3) is 0.667. The van der Waals surface area contributed by atoms with E-state index in [4.69, 9.17) is 4.74 Å². The van der Waals surface area contributed by atoms with Gasteiger partial charge in [-0.25, -0.2) is 8.42 Å². The van der Waals surface area contributed by atoms with Crippen molar-refractivity contribution in [3.05, 3.63) is 29.8 Å². The van der Waals surface area contributed by atoms with Gasteiger partial charge in [0.1, 0.15) is 6.04 Å². The third-order valence-corrected chi connectivity index (χ3v) is 8.10. The molecule has 29 heavy (non-hydrogen) atoms. The molecule has 0 spiro atoms. The van der Waals surface area contributed by atoms with E-state index in [0.29, 0.717) is 13.0 Å². The normalized spacial score (nSPS) is 25.0. The number of rotatable bonds is 7. The first-order valence-corrected chi connectivity index (χ1v) is 12.3. The number of sulfonamides is 1. The number of carbonyl (C=O) groups excluding carboxylic acids is 1. The maximum Gasteiger partial charge on any atom is 0.245 e. The van der Waals surface area contributed by atoms with E-state index >= 15 is 0 Å². The molecular formula is C21H31N3O4S. The molecule has 2 aliphatic heterocycles. The summed E-state index contributed by atoms with van der Waals surface area (Å²) >= 11 is 0. The topological polar surface area (TPSA) is 70.2 Å².